The maximum Gasteiger partial charge on any atom is 0.159 e. The highest BCUT2D eigenvalue weighted by atomic mass is 16.5. The summed E-state index contributed by atoms with van der Waals surface area (Å²) in [5.41, 5.74) is 8.21. The van der Waals surface area contributed by atoms with E-state index in [-0.39, 0.29) is 5.92 Å². The predicted octanol–water partition coefficient (Wildman–Crippen LogP) is 4.77. The van der Waals surface area contributed by atoms with Gasteiger partial charge in [0, 0.05) is 48.8 Å². The minimum Gasteiger partial charge on any atom is -0.384 e. The first-order valence-corrected chi connectivity index (χ1v) is 9.70. The minimum atomic E-state index is 0.274. The Morgan fingerprint density at radius 3 is 2.48 bits per heavy atom. The third-order valence-corrected chi connectivity index (χ3v) is 5.12. The van der Waals surface area contributed by atoms with Crippen molar-refractivity contribution in [3.63, 3.8) is 0 Å². The Morgan fingerprint density at radius 1 is 1.11 bits per heavy atom. The number of ether oxygens (including phenoxy) is 1. The largest absolute Gasteiger partial charge is 0.384 e. The maximum atomic E-state index is 5.33. The lowest BCUT2D eigenvalue weighted by Gasteiger charge is -2.13. The highest BCUT2D eigenvalue weighted by Crippen LogP contribution is 2.31. The normalized spacial score (nSPS) is 12.9. The first-order chi connectivity index (χ1) is 12.9. The topological polar surface area (TPSA) is 52.8 Å². The molecule has 0 fully saturated rings. The fourth-order valence-corrected chi connectivity index (χ4v) is 3.56. The van der Waals surface area contributed by atoms with Crippen LogP contribution in [0.2, 0.25) is 0 Å². The summed E-state index contributed by atoms with van der Waals surface area (Å²) in [6.07, 6.45) is 3.00. The highest BCUT2D eigenvalue weighted by molar-refractivity contribution is 5.80. The molecule has 1 unspecified atom stereocenters. The van der Waals surface area contributed by atoms with E-state index >= 15 is 0 Å². The molecule has 0 bridgehead atoms. The summed E-state index contributed by atoms with van der Waals surface area (Å²) in [4.78, 5) is 14.8. The van der Waals surface area contributed by atoms with Gasteiger partial charge in [-0.25, -0.2) is 9.97 Å². The summed E-state index contributed by atoms with van der Waals surface area (Å²) in [5.74, 6) is 0.688. The van der Waals surface area contributed by atoms with Gasteiger partial charge in [-0.15, -0.1) is 0 Å². The second-order valence-corrected chi connectivity index (χ2v) is 7.62. The zero-order valence-electron chi connectivity index (χ0n) is 17.5. The molecule has 3 rings (SSSR count). The number of fused-ring (bicyclic) bond motifs is 1. The molecule has 3 aromatic heterocycles. The number of pyridine rings is 1. The van der Waals surface area contributed by atoms with Gasteiger partial charge in [-0.3, -0.25) is 4.98 Å². The maximum absolute atomic E-state index is 5.33. The van der Waals surface area contributed by atoms with Crippen molar-refractivity contribution in [2.45, 2.75) is 52.9 Å². The van der Waals surface area contributed by atoms with Crippen molar-refractivity contribution in [2.24, 2.45) is 7.05 Å². The molecule has 0 N–H and O–H groups in total. The fraction of sp³-hybridized carbons (Fsp3) is 0.500. The molecule has 0 saturated carbocycles. The number of nitrogens with zero attached hydrogens (tertiary/aromatic N) is 4. The van der Waals surface area contributed by atoms with Crippen molar-refractivity contribution in [2.75, 3.05) is 13.7 Å². The molecule has 3 aromatic rings. The molecular formula is C22H30N4O. The van der Waals surface area contributed by atoms with Crippen LogP contribution in [0.4, 0.5) is 0 Å². The molecule has 0 spiro atoms. The lowest BCUT2D eigenvalue weighted by molar-refractivity contribution is 0.184. The van der Waals surface area contributed by atoms with Crippen LogP contribution in [0.1, 0.15) is 62.2 Å². The first-order valence-electron chi connectivity index (χ1n) is 9.70. The summed E-state index contributed by atoms with van der Waals surface area (Å²) < 4.78 is 7.40. The van der Waals surface area contributed by atoms with Crippen molar-refractivity contribution < 1.29 is 4.74 Å². The van der Waals surface area contributed by atoms with Gasteiger partial charge in [0.15, 0.2) is 5.65 Å². The summed E-state index contributed by atoms with van der Waals surface area (Å²) in [6.45, 7) is 11.4. The summed E-state index contributed by atoms with van der Waals surface area (Å²) >= 11 is 0. The van der Waals surface area contributed by atoms with Crippen molar-refractivity contribution in [3.05, 3.63) is 41.0 Å². The Hall–Kier alpha value is -2.27. The molecule has 27 heavy (non-hydrogen) atoms. The number of methoxy groups -OCH3 is 1. The molecule has 5 heteroatoms. The van der Waals surface area contributed by atoms with Crippen LogP contribution in [-0.4, -0.2) is 33.2 Å². The Labute approximate surface area is 161 Å². The second-order valence-electron chi connectivity index (χ2n) is 7.62. The number of hydrogen-bond acceptors (Lipinski definition) is 4. The lowest BCUT2D eigenvalue weighted by atomic mass is 10.0. The molecule has 0 aromatic carbocycles. The van der Waals surface area contributed by atoms with Crippen LogP contribution in [0.3, 0.4) is 0 Å². The van der Waals surface area contributed by atoms with Gasteiger partial charge in [-0.2, -0.15) is 0 Å². The summed E-state index contributed by atoms with van der Waals surface area (Å²) in [6, 6.07) is 4.27. The third kappa shape index (κ3) is 3.61. The van der Waals surface area contributed by atoms with Gasteiger partial charge < -0.3 is 9.30 Å². The Balaban J connectivity index is 2.17. The van der Waals surface area contributed by atoms with Gasteiger partial charge in [0.1, 0.15) is 5.52 Å². The molecule has 3 heterocycles. The Bertz CT molecular complexity index is 959. The van der Waals surface area contributed by atoms with Gasteiger partial charge in [0.2, 0.25) is 0 Å². The molecule has 0 amide bonds. The van der Waals surface area contributed by atoms with E-state index in [1.165, 1.54) is 5.56 Å². The van der Waals surface area contributed by atoms with Crippen molar-refractivity contribution >= 4 is 11.2 Å². The van der Waals surface area contributed by atoms with E-state index in [0.717, 1.165) is 45.9 Å². The highest BCUT2D eigenvalue weighted by Gasteiger charge is 2.19. The van der Waals surface area contributed by atoms with Gasteiger partial charge in [-0.05, 0) is 31.4 Å². The Morgan fingerprint density at radius 2 is 1.85 bits per heavy atom. The van der Waals surface area contributed by atoms with Crippen LogP contribution in [0.25, 0.3) is 22.4 Å². The zero-order valence-corrected chi connectivity index (χ0v) is 17.5. The minimum absolute atomic E-state index is 0.274. The standard InChI is InChI=1S/C22H30N4O/c1-8-18-16(9-10-19(24-18)13(2)3)20-15(5)23-21-17(14(4)12-27-7)11-26(6)22(21)25-20/h9-11,13-14H,8,12H2,1-7H3. The number of hydrogen-bond donors (Lipinski definition) is 0. The van der Waals surface area contributed by atoms with Crippen LogP contribution in [-0.2, 0) is 18.2 Å². The summed E-state index contributed by atoms with van der Waals surface area (Å²) in [5, 5.41) is 0. The average Bonchev–Trinajstić information content (AvgIpc) is 2.96. The van der Waals surface area contributed by atoms with Gasteiger partial charge in [-0.1, -0.05) is 27.7 Å². The van der Waals surface area contributed by atoms with Gasteiger partial charge >= 0.3 is 0 Å². The van der Waals surface area contributed by atoms with E-state index in [1.807, 2.05) is 14.0 Å². The molecule has 144 valence electrons. The third-order valence-electron chi connectivity index (χ3n) is 5.12. The molecule has 0 aliphatic heterocycles. The predicted molar refractivity (Wildman–Crippen MR) is 110 cm³/mol. The van der Waals surface area contributed by atoms with Crippen LogP contribution in [0.15, 0.2) is 18.3 Å². The molecule has 0 aliphatic rings. The smallest absolute Gasteiger partial charge is 0.159 e. The van der Waals surface area contributed by atoms with Crippen molar-refractivity contribution in [1.82, 2.24) is 19.5 Å². The number of aryl methyl sites for hydroxylation is 3. The SMILES string of the molecule is CCc1nc(C(C)C)ccc1-c1nc2c(nc1C)c(C(C)COC)cn2C. The number of aromatic nitrogens is 4. The first kappa shape index (κ1) is 19.5. The van der Waals surface area contributed by atoms with E-state index in [2.05, 4.69) is 50.6 Å². The molecule has 0 saturated heterocycles. The fourth-order valence-electron chi connectivity index (χ4n) is 3.56. The van der Waals surface area contributed by atoms with Crippen molar-refractivity contribution in [1.29, 1.82) is 0 Å². The van der Waals surface area contributed by atoms with Crippen LogP contribution < -0.4 is 0 Å². The van der Waals surface area contributed by atoms with Crippen molar-refractivity contribution in [3.8, 4) is 11.3 Å². The quantitative estimate of drug-likeness (QED) is 0.630. The monoisotopic (exact) mass is 366 g/mol. The van der Waals surface area contributed by atoms with Crippen LogP contribution in [0.5, 0.6) is 0 Å². The average molecular weight is 367 g/mol. The van der Waals surface area contributed by atoms with E-state index in [9.17, 15) is 0 Å². The van der Waals surface area contributed by atoms with Crippen LogP contribution >= 0.6 is 0 Å². The van der Waals surface area contributed by atoms with Gasteiger partial charge in [0.05, 0.1) is 18.0 Å². The molecule has 0 radical (unpaired) electrons. The number of rotatable bonds is 6. The van der Waals surface area contributed by atoms with Crippen LogP contribution in [0, 0.1) is 6.92 Å². The molecule has 0 aliphatic carbocycles. The Kier molecular flexibility index (Phi) is 5.61. The zero-order chi connectivity index (χ0) is 19.7. The van der Waals surface area contributed by atoms with E-state index in [0.29, 0.717) is 12.5 Å². The lowest BCUT2D eigenvalue weighted by Crippen LogP contribution is -2.04. The molecule has 1 atom stereocenters. The van der Waals surface area contributed by atoms with E-state index in [1.54, 1.807) is 7.11 Å². The molecule has 5 nitrogen and oxygen atoms in total. The van der Waals surface area contributed by atoms with E-state index in [4.69, 9.17) is 19.7 Å². The second kappa shape index (κ2) is 7.77. The van der Waals surface area contributed by atoms with E-state index < -0.39 is 0 Å². The molecular weight excluding hydrogens is 336 g/mol. The summed E-state index contributed by atoms with van der Waals surface area (Å²) in [7, 11) is 3.76. The van der Waals surface area contributed by atoms with Gasteiger partial charge in [0.25, 0.3) is 0 Å².